The number of nitrogens with one attached hydrogen (secondary N) is 2. The number of carbonyl (C=O) groups is 1. The number of rotatable bonds is 5. The molecule has 0 saturated heterocycles. The fraction of sp³-hybridized carbons (Fsp3) is 0.125. The first-order chi connectivity index (χ1) is 12.0. The minimum atomic E-state index is -1.51. The van der Waals surface area contributed by atoms with Gasteiger partial charge in [0.05, 0.1) is 10.2 Å². The van der Waals surface area contributed by atoms with Crippen molar-refractivity contribution in [3.8, 4) is 0 Å². The molecule has 0 unspecified atom stereocenters. The molecule has 0 radical (unpaired) electrons. The van der Waals surface area contributed by atoms with Gasteiger partial charge in [-0.25, -0.2) is 22.9 Å². The van der Waals surface area contributed by atoms with Crippen LogP contribution in [-0.2, 0) is 6.42 Å². The first-order valence-electron chi connectivity index (χ1n) is 7.23. The third-order valence-corrected chi connectivity index (χ3v) is 5.18. The van der Waals surface area contributed by atoms with Crippen LogP contribution >= 0.6 is 23.3 Å². The molecule has 3 rings (SSSR count). The van der Waals surface area contributed by atoms with Crippen molar-refractivity contribution >= 4 is 39.5 Å². The highest BCUT2D eigenvalue weighted by Crippen LogP contribution is 2.27. The number of benzene rings is 2. The second-order valence-corrected chi connectivity index (χ2v) is 7.08. The second-order valence-electron chi connectivity index (χ2n) is 4.99. The maximum absolute atomic E-state index is 13.5. The van der Waals surface area contributed by atoms with Gasteiger partial charge in [0.2, 0.25) is 0 Å². The number of thiazole rings is 1. The molecule has 0 saturated carbocycles. The SMILES string of the molecule is O=C(NCCc1ccc(F)c(F)c1F)NSc1nc2ccccc2s1. The van der Waals surface area contributed by atoms with Gasteiger partial charge in [-0.1, -0.05) is 18.2 Å². The number of nitrogens with zero attached hydrogens (tertiary/aromatic N) is 1. The Morgan fingerprint density at radius 2 is 1.92 bits per heavy atom. The predicted octanol–water partition coefficient (Wildman–Crippen LogP) is 4.26. The fourth-order valence-corrected chi connectivity index (χ4v) is 3.74. The summed E-state index contributed by atoms with van der Waals surface area (Å²) in [6.45, 7) is 0.0776. The first-order valence-corrected chi connectivity index (χ1v) is 8.86. The number of hydrogen-bond donors (Lipinski definition) is 2. The summed E-state index contributed by atoms with van der Waals surface area (Å²) in [5.74, 6) is -3.97. The van der Waals surface area contributed by atoms with E-state index in [9.17, 15) is 18.0 Å². The summed E-state index contributed by atoms with van der Waals surface area (Å²) >= 11 is 2.52. The van der Waals surface area contributed by atoms with Crippen molar-refractivity contribution in [2.75, 3.05) is 6.54 Å². The van der Waals surface area contributed by atoms with Crippen molar-refractivity contribution < 1.29 is 18.0 Å². The molecule has 2 N–H and O–H groups in total. The van der Waals surface area contributed by atoms with E-state index in [1.54, 1.807) is 0 Å². The van der Waals surface area contributed by atoms with Crippen molar-refractivity contribution in [1.82, 2.24) is 15.0 Å². The van der Waals surface area contributed by atoms with Crippen LogP contribution in [0.4, 0.5) is 18.0 Å². The van der Waals surface area contributed by atoms with Crippen molar-refractivity contribution in [3.63, 3.8) is 0 Å². The van der Waals surface area contributed by atoms with Gasteiger partial charge < -0.3 is 5.32 Å². The molecule has 2 amide bonds. The van der Waals surface area contributed by atoms with Crippen molar-refractivity contribution in [3.05, 3.63) is 59.4 Å². The van der Waals surface area contributed by atoms with Crippen LogP contribution < -0.4 is 10.0 Å². The minimum absolute atomic E-state index is 0.00183. The highest BCUT2D eigenvalue weighted by Gasteiger charge is 2.13. The Morgan fingerprint density at radius 3 is 2.72 bits per heavy atom. The third kappa shape index (κ3) is 4.23. The number of aromatic nitrogens is 1. The van der Waals surface area contributed by atoms with Gasteiger partial charge in [0.25, 0.3) is 0 Å². The maximum atomic E-state index is 13.5. The molecule has 4 nitrogen and oxygen atoms in total. The number of amides is 2. The van der Waals surface area contributed by atoms with E-state index >= 15 is 0 Å². The maximum Gasteiger partial charge on any atom is 0.325 e. The van der Waals surface area contributed by atoms with E-state index in [0.29, 0.717) is 4.34 Å². The number of carbonyl (C=O) groups excluding carboxylic acids is 1. The Hall–Kier alpha value is -2.26. The lowest BCUT2D eigenvalue weighted by atomic mass is 10.1. The summed E-state index contributed by atoms with van der Waals surface area (Å²) in [4.78, 5) is 16.1. The van der Waals surface area contributed by atoms with Crippen LogP contribution in [0.25, 0.3) is 10.2 Å². The molecule has 0 aliphatic heterocycles. The van der Waals surface area contributed by atoms with Gasteiger partial charge in [-0.15, -0.1) is 11.3 Å². The fourth-order valence-electron chi connectivity index (χ4n) is 2.09. The monoisotopic (exact) mass is 383 g/mol. The summed E-state index contributed by atoms with van der Waals surface area (Å²) in [7, 11) is 0. The molecule has 0 bridgehead atoms. The number of hydrogen-bond acceptors (Lipinski definition) is 4. The first kappa shape index (κ1) is 17.6. The molecule has 1 heterocycles. The van der Waals surface area contributed by atoms with Crippen LogP contribution in [0, 0.1) is 17.5 Å². The van der Waals surface area contributed by atoms with Crippen LogP contribution in [0.3, 0.4) is 0 Å². The summed E-state index contributed by atoms with van der Waals surface area (Å²) in [5, 5.41) is 2.52. The topological polar surface area (TPSA) is 54.0 Å². The summed E-state index contributed by atoms with van der Waals surface area (Å²) < 4.78 is 43.7. The van der Waals surface area contributed by atoms with E-state index in [1.165, 1.54) is 11.3 Å². The molecular formula is C16H12F3N3OS2. The van der Waals surface area contributed by atoms with Crippen LogP contribution in [0.1, 0.15) is 5.56 Å². The van der Waals surface area contributed by atoms with E-state index in [4.69, 9.17) is 0 Å². The third-order valence-electron chi connectivity index (χ3n) is 3.30. The average Bonchev–Trinajstić information content (AvgIpc) is 3.03. The molecule has 1 aromatic heterocycles. The Kier molecular flexibility index (Phi) is 5.44. The predicted molar refractivity (Wildman–Crippen MR) is 92.0 cm³/mol. The van der Waals surface area contributed by atoms with Gasteiger partial charge in [-0.05, 0) is 30.2 Å². The van der Waals surface area contributed by atoms with Gasteiger partial charge in [-0.3, -0.25) is 4.72 Å². The van der Waals surface area contributed by atoms with Crippen molar-refractivity contribution in [2.24, 2.45) is 0 Å². The molecule has 2 aromatic carbocycles. The molecule has 3 aromatic rings. The quantitative estimate of drug-likeness (QED) is 0.511. The summed E-state index contributed by atoms with van der Waals surface area (Å²) in [5.41, 5.74) is 0.851. The largest absolute Gasteiger partial charge is 0.337 e. The average molecular weight is 383 g/mol. The van der Waals surface area contributed by atoms with Gasteiger partial charge in [0.1, 0.15) is 0 Å². The van der Waals surface area contributed by atoms with Crippen LogP contribution in [0.2, 0.25) is 0 Å². The van der Waals surface area contributed by atoms with Gasteiger partial charge in [0, 0.05) is 18.5 Å². The molecule has 0 atom stereocenters. The lowest BCUT2D eigenvalue weighted by molar-refractivity contribution is 0.246. The second kappa shape index (κ2) is 7.75. The highest BCUT2D eigenvalue weighted by molar-refractivity contribution is 7.99. The molecular weight excluding hydrogens is 371 g/mol. The number of para-hydroxylation sites is 1. The highest BCUT2D eigenvalue weighted by atomic mass is 32.2. The number of halogens is 3. The van der Waals surface area contributed by atoms with Crippen molar-refractivity contribution in [1.29, 1.82) is 0 Å². The summed E-state index contributed by atoms with van der Waals surface area (Å²) in [6.07, 6.45) is 0.0439. The van der Waals surface area contributed by atoms with Crippen LogP contribution in [-0.4, -0.2) is 17.6 Å². The normalized spacial score (nSPS) is 10.8. The molecule has 25 heavy (non-hydrogen) atoms. The molecule has 130 valence electrons. The van der Waals surface area contributed by atoms with Gasteiger partial charge >= 0.3 is 6.03 Å². The number of urea groups is 1. The van der Waals surface area contributed by atoms with E-state index in [2.05, 4.69) is 15.0 Å². The molecule has 0 fully saturated rings. The van der Waals surface area contributed by atoms with Crippen LogP contribution in [0.5, 0.6) is 0 Å². The summed E-state index contributed by atoms with van der Waals surface area (Å²) in [6, 6.07) is 9.15. The minimum Gasteiger partial charge on any atom is -0.337 e. The zero-order valence-corrected chi connectivity index (χ0v) is 14.3. The van der Waals surface area contributed by atoms with E-state index in [-0.39, 0.29) is 18.5 Å². The number of fused-ring (bicyclic) bond motifs is 1. The van der Waals surface area contributed by atoms with Gasteiger partial charge in [0.15, 0.2) is 21.8 Å². The van der Waals surface area contributed by atoms with E-state index in [1.807, 2.05) is 24.3 Å². The van der Waals surface area contributed by atoms with Crippen molar-refractivity contribution in [2.45, 2.75) is 10.8 Å². The smallest absolute Gasteiger partial charge is 0.325 e. The van der Waals surface area contributed by atoms with E-state index in [0.717, 1.165) is 34.3 Å². The Balaban J connectivity index is 1.47. The Bertz CT molecular complexity index is 884. The standard InChI is InChI=1S/C16H12F3N3OS2/c17-10-6-5-9(13(18)14(10)19)7-8-20-15(23)22-25-16-21-11-3-1-2-4-12(11)24-16/h1-6H,7-8H2,(H2,20,22,23). The molecule has 0 aliphatic rings. The molecule has 0 spiro atoms. The molecule has 0 aliphatic carbocycles. The lowest BCUT2D eigenvalue weighted by Gasteiger charge is -2.07. The van der Waals surface area contributed by atoms with Crippen LogP contribution in [0.15, 0.2) is 40.7 Å². The zero-order chi connectivity index (χ0) is 17.8. The van der Waals surface area contributed by atoms with Gasteiger partial charge in [-0.2, -0.15) is 0 Å². The lowest BCUT2D eigenvalue weighted by Crippen LogP contribution is -2.32. The Labute approximate surface area is 149 Å². The zero-order valence-electron chi connectivity index (χ0n) is 12.7. The Morgan fingerprint density at radius 1 is 1.12 bits per heavy atom. The van der Waals surface area contributed by atoms with E-state index < -0.39 is 23.5 Å². The molecule has 9 heteroatoms.